The largest absolute Gasteiger partial charge is 0.392 e. The Balaban J connectivity index is 2.24. The molecule has 0 bridgehead atoms. The van der Waals surface area contributed by atoms with Crippen molar-refractivity contribution in [2.45, 2.75) is 13.0 Å². The smallest absolute Gasteiger partial charge is 0.302 e. The number of hydrogen-bond donors (Lipinski definition) is 1. The summed E-state index contributed by atoms with van der Waals surface area (Å²) in [6.07, 6.45) is -0.00105. The van der Waals surface area contributed by atoms with Crippen molar-refractivity contribution < 1.29 is 22.2 Å². The minimum absolute atomic E-state index is 0.00105. The van der Waals surface area contributed by atoms with Crippen LogP contribution in [0.25, 0.3) is 0 Å². The van der Waals surface area contributed by atoms with Gasteiger partial charge in [-0.2, -0.15) is 8.42 Å². The number of hydrogen-bond acceptors (Lipinski definition) is 4. The maximum absolute atomic E-state index is 12.7. The Morgan fingerprint density at radius 2 is 2.15 bits per heavy atom. The average Bonchev–Trinajstić information content (AvgIpc) is 2.68. The van der Waals surface area contributed by atoms with Gasteiger partial charge in [-0.1, -0.05) is 6.07 Å². The molecule has 1 aliphatic rings. The van der Waals surface area contributed by atoms with Gasteiger partial charge < -0.3 is 10.0 Å². The number of anilines is 1. The first kappa shape index (κ1) is 15.4. The van der Waals surface area contributed by atoms with E-state index in [0.29, 0.717) is 15.7 Å². The van der Waals surface area contributed by atoms with E-state index in [4.69, 9.17) is 5.11 Å². The van der Waals surface area contributed by atoms with Gasteiger partial charge in [0.1, 0.15) is 0 Å². The molecule has 0 aliphatic carbocycles. The highest BCUT2D eigenvalue weighted by Crippen LogP contribution is 2.33. The zero-order chi connectivity index (χ0) is 14.9. The molecular formula is C12H13BrFNO4S. The Bertz CT molecular complexity index is 634. The topological polar surface area (TPSA) is 74.7 Å². The van der Waals surface area contributed by atoms with Gasteiger partial charge in [0, 0.05) is 23.4 Å². The summed E-state index contributed by atoms with van der Waals surface area (Å²) in [4.78, 5) is 13.4. The molecule has 0 radical (unpaired) electrons. The molecule has 1 saturated heterocycles. The molecule has 1 atom stereocenters. The number of aliphatic hydroxyl groups is 1. The van der Waals surface area contributed by atoms with E-state index >= 15 is 0 Å². The molecule has 1 heterocycles. The second kappa shape index (κ2) is 5.79. The van der Waals surface area contributed by atoms with Crippen LogP contribution in [-0.2, 0) is 21.6 Å². The van der Waals surface area contributed by atoms with Crippen molar-refractivity contribution in [2.24, 2.45) is 5.92 Å². The lowest BCUT2D eigenvalue weighted by Gasteiger charge is -2.19. The average molecular weight is 366 g/mol. The van der Waals surface area contributed by atoms with Crippen molar-refractivity contribution in [1.29, 1.82) is 0 Å². The maximum Gasteiger partial charge on any atom is 0.302 e. The molecule has 1 N–H and O–H groups in total. The number of amides is 1. The van der Waals surface area contributed by atoms with E-state index in [9.17, 15) is 17.1 Å². The molecule has 1 fully saturated rings. The van der Waals surface area contributed by atoms with Gasteiger partial charge in [-0.15, -0.1) is 3.89 Å². The Kier molecular flexibility index (Phi) is 4.46. The van der Waals surface area contributed by atoms with E-state index in [1.807, 2.05) is 0 Å². The summed E-state index contributed by atoms with van der Waals surface area (Å²) in [5.74, 6) is -1.45. The first-order chi connectivity index (χ1) is 9.30. The van der Waals surface area contributed by atoms with Crippen LogP contribution in [0.4, 0.5) is 9.57 Å². The Hall–Kier alpha value is -0.990. The van der Waals surface area contributed by atoms with Crippen LogP contribution in [0.2, 0.25) is 0 Å². The van der Waals surface area contributed by atoms with Crippen LogP contribution in [0.3, 0.4) is 0 Å². The SMILES string of the molecule is O=C1CC(CS(=O)(=O)F)CN1c1cc(CO)ccc1Br. The van der Waals surface area contributed by atoms with Crippen LogP contribution in [0, 0.1) is 5.92 Å². The summed E-state index contributed by atoms with van der Waals surface area (Å²) in [5.41, 5.74) is 1.19. The fraction of sp³-hybridized carbons (Fsp3) is 0.417. The minimum Gasteiger partial charge on any atom is -0.392 e. The van der Waals surface area contributed by atoms with Crippen molar-refractivity contribution in [3.63, 3.8) is 0 Å². The molecule has 20 heavy (non-hydrogen) atoms. The number of nitrogens with zero attached hydrogens (tertiary/aromatic N) is 1. The monoisotopic (exact) mass is 365 g/mol. The van der Waals surface area contributed by atoms with E-state index in [2.05, 4.69) is 15.9 Å². The second-order valence-electron chi connectivity index (χ2n) is 4.72. The van der Waals surface area contributed by atoms with Crippen LogP contribution in [0.1, 0.15) is 12.0 Å². The first-order valence-electron chi connectivity index (χ1n) is 5.92. The molecule has 1 aromatic rings. The zero-order valence-electron chi connectivity index (χ0n) is 10.4. The van der Waals surface area contributed by atoms with Crippen LogP contribution in [0.5, 0.6) is 0 Å². The number of aliphatic hydroxyl groups excluding tert-OH is 1. The predicted octanol–water partition coefficient (Wildman–Crippen LogP) is 1.59. The summed E-state index contributed by atoms with van der Waals surface area (Å²) in [6, 6.07) is 5.05. The zero-order valence-corrected chi connectivity index (χ0v) is 12.8. The lowest BCUT2D eigenvalue weighted by Crippen LogP contribution is -2.25. The quantitative estimate of drug-likeness (QED) is 0.822. The third-order valence-corrected chi connectivity index (χ3v) is 4.66. The molecular weight excluding hydrogens is 353 g/mol. The second-order valence-corrected chi connectivity index (χ2v) is 6.99. The van der Waals surface area contributed by atoms with Gasteiger partial charge in [0.2, 0.25) is 5.91 Å². The van der Waals surface area contributed by atoms with Gasteiger partial charge in [0.05, 0.1) is 18.0 Å². The number of carbonyl (C=O) groups is 1. The van der Waals surface area contributed by atoms with Gasteiger partial charge >= 0.3 is 10.2 Å². The van der Waals surface area contributed by atoms with E-state index in [1.165, 1.54) is 4.90 Å². The fourth-order valence-electron chi connectivity index (χ4n) is 2.27. The highest BCUT2D eigenvalue weighted by atomic mass is 79.9. The lowest BCUT2D eigenvalue weighted by molar-refractivity contribution is -0.117. The third kappa shape index (κ3) is 3.56. The molecule has 1 unspecified atom stereocenters. The van der Waals surface area contributed by atoms with Gasteiger partial charge in [0.25, 0.3) is 0 Å². The van der Waals surface area contributed by atoms with Crippen molar-refractivity contribution in [3.05, 3.63) is 28.2 Å². The Labute approximate surface area is 124 Å². The fourth-order valence-corrected chi connectivity index (χ4v) is 3.52. The van der Waals surface area contributed by atoms with Crippen LogP contribution >= 0.6 is 15.9 Å². The molecule has 0 aromatic heterocycles. The highest BCUT2D eigenvalue weighted by molar-refractivity contribution is 9.10. The normalized spacial score (nSPS) is 19.6. The molecule has 0 saturated carbocycles. The molecule has 1 aromatic carbocycles. The number of benzene rings is 1. The van der Waals surface area contributed by atoms with Gasteiger partial charge in [-0.3, -0.25) is 4.79 Å². The summed E-state index contributed by atoms with van der Waals surface area (Å²) in [7, 11) is -4.59. The molecule has 1 amide bonds. The van der Waals surface area contributed by atoms with Crippen LogP contribution in [-0.4, -0.2) is 31.7 Å². The van der Waals surface area contributed by atoms with Gasteiger partial charge in [-0.05, 0) is 33.6 Å². The summed E-state index contributed by atoms with van der Waals surface area (Å²) in [5, 5.41) is 9.12. The van der Waals surface area contributed by atoms with E-state index in [1.54, 1.807) is 18.2 Å². The first-order valence-corrected chi connectivity index (χ1v) is 8.26. The van der Waals surface area contributed by atoms with Gasteiger partial charge in [0.15, 0.2) is 0 Å². The van der Waals surface area contributed by atoms with Crippen LogP contribution < -0.4 is 4.90 Å². The highest BCUT2D eigenvalue weighted by Gasteiger charge is 2.34. The molecule has 110 valence electrons. The molecule has 2 rings (SSSR count). The van der Waals surface area contributed by atoms with Crippen LogP contribution in [0.15, 0.2) is 22.7 Å². The number of carbonyl (C=O) groups excluding carboxylic acids is 1. The molecule has 8 heteroatoms. The minimum atomic E-state index is -4.59. The molecule has 1 aliphatic heterocycles. The van der Waals surface area contributed by atoms with Gasteiger partial charge in [-0.25, -0.2) is 0 Å². The third-order valence-electron chi connectivity index (χ3n) is 3.12. The van der Waals surface area contributed by atoms with Crippen molar-refractivity contribution in [1.82, 2.24) is 0 Å². The van der Waals surface area contributed by atoms with E-state index in [0.717, 1.165) is 0 Å². The van der Waals surface area contributed by atoms with E-state index < -0.39 is 21.9 Å². The lowest BCUT2D eigenvalue weighted by atomic mass is 10.1. The summed E-state index contributed by atoms with van der Waals surface area (Å²) < 4.78 is 34.7. The number of halogens is 2. The summed E-state index contributed by atoms with van der Waals surface area (Å²) in [6.45, 7) is -0.0138. The summed E-state index contributed by atoms with van der Waals surface area (Å²) >= 11 is 3.31. The van der Waals surface area contributed by atoms with E-state index in [-0.39, 0.29) is 25.5 Å². The maximum atomic E-state index is 12.7. The molecule has 5 nitrogen and oxygen atoms in total. The molecule has 0 spiro atoms. The standard InChI is InChI=1S/C12H13BrFNO4S/c13-10-2-1-8(6-16)3-11(10)15-5-9(4-12(15)17)7-20(14,18)19/h1-3,9,16H,4-7H2. The Morgan fingerprint density at radius 3 is 2.75 bits per heavy atom. The predicted molar refractivity (Wildman–Crippen MR) is 75.4 cm³/mol. The number of rotatable bonds is 4. The van der Waals surface area contributed by atoms with Crippen molar-refractivity contribution in [2.75, 3.05) is 17.2 Å². The Morgan fingerprint density at radius 1 is 1.45 bits per heavy atom. The van der Waals surface area contributed by atoms with Crippen molar-refractivity contribution in [3.8, 4) is 0 Å². The van der Waals surface area contributed by atoms with Crippen molar-refractivity contribution >= 4 is 37.7 Å².